The fourth-order valence-corrected chi connectivity index (χ4v) is 2.18. The van der Waals surface area contributed by atoms with Crippen LogP contribution in [0, 0.1) is 0 Å². The van der Waals surface area contributed by atoms with Gasteiger partial charge < -0.3 is 4.74 Å². The largest absolute Gasteiger partial charge is 0.377 e. The first-order valence-corrected chi connectivity index (χ1v) is 7.94. The van der Waals surface area contributed by atoms with E-state index in [0.29, 0.717) is 5.92 Å². The van der Waals surface area contributed by atoms with Crippen LogP contribution in [0.25, 0.3) is 0 Å². The van der Waals surface area contributed by atoms with Gasteiger partial charge in [-0.05, 0) is 29.9 Å². The Morgan fingerprint density at radius 2 is 1.63 bits per heavy atom. The zero-order valence-electron chi connectivity index (χ0n) is 13.0. The van der Waals surface area contributed by atoms with Gasteiger partial charge in [-0.2, -0.15) is 0 Å². The molecule has 0 radical (unpaired) electrons. The van der Waals surface area contributed by atoms with Crippen LogP contribution in [-0.4, -0.2) is 6.61 Å². The summed E-state index contributed by atoms with van der Waals surface area (Å²) in [6.07, 6.45) is 7.73. The van der Waals surface area contributed by atoms with E-state index in [1.165, 1.54) is 49.7 Å². The standard InChI is InChI=1S/C18H30O/c1-4-6-7-8-9-14-19-15-17-10-12-18(13-11-17)16(3)5-2/h10-13,16H,4-9,14-15H2,1-3H3. The minimum Gasteiger partial charge on any atom is -0.377 e. The molecular weight excluding hydrogens is 232 g/mol. The van der Waals surface area contributed by atoms with Gasteiger partial charge in [0.2, 0.25) is 0 Å². The van der Waals surface area contributed by atoms with Crippen molar-refractivity contribution >= 4 is 0 Å². The van der Waals surface area contributed by atoms with E-state index >= 15 is 0 Å². The van der Waals surface area contributed by atoms with Gasteiger partial charge in [-0.15, -0.1) is 0 Å². The third-order valence-electron chi connectivity index (χ3n) is 3.82. The molecule has 0 heterocycles. The monoisotopic (exact) mass is 262 g/mol. The van der Waals surface area contributed by atoms with E-state index in [2.05, 4.69) is 45.0 Å². The van der Waals surface area contributed by atoms with E-state index in [1.54, 1.807) is 0 Å². The molecule has 0 fully saturated rings. The van der Waals surface area contributed by atoms with Crippen LogP contribution in [0.1, 0.15) is 76.3 Å². The molecule has 19 heavy (non-hydrogen) atoms. The maximum Gasteiger partial charge on any atom is 0.0716 e. The summed E-state index contributed by atoms with van der Waals surface area (Å²) in [5.74, 6) is 0.661. The molecule has 108 valence electrons. The SMILES string of the molecule is CCCCCCCOCc1ccc(C(C)CC)cc1. The van der Waals surface area contributed by atoms with E-state index in [-0.39, 0.29) is 0 Å². The number of ether oxygens (including phenoxy) is 1. The number of rotatable bonds is 10. The Morgan fingerprint density at radius 3 is 2.26 bits per heavy atom. The number of hydrogen-bond acceptors (Lipinski definition) is 1. The second-order valence-corrected chi connectivity index (χ2v) is 5.52. The van der Waals surface area contributed by atoms with Crippen molar-refractivity contribution in [1.82, 2.24) is 0 Å². The molecule has 0 aliphatic rings. The van der Waals surface area contributed by atoms with Gasteiger partial charge >= 0.3 is 0 Å². The lowest BCUT2D eigenvalue weighted by atomic mass is 9.98. The Labute approximate surface area is 119 Å². The highest BCUT2D eigenvalue weighted by molar-refractivity contribution is 5.24. The van der Waals surface area contributed by atoms with E-state index in [0.717, 1.165) is 13.2 Å². The lowest BCUT2D eigenvalue weighted by Crippen LogP contribution is -1.97. The van der Waals surface area contributed by atoms with Crippen LogP contribution in [0.4, 0.5) is 0 Å². The van der Waals surface area contributed by atoms with Crippen molar-refractivity contribution in [2.24, 2.45) is 0 Å². The van der Waals surface area contributed by atoms with Crippen molar-refractivity contribution < 1.29 is 4.74 Å². The topological polar surface area (TPSA) is 9.23 Å². The smallest absolute Gasteiger partial charge is 0.0716 e. The predicted octanol–water partition coefficient (Wildman–Crippen LogP) is 5.69. The fraction of sp³-hybridized carbons (Fsp3) is 0.667. The molecule has 1 aromatic carbocycles. The molecule has 1 rings (SSSR count). The maximum atomic E-state index is 5.73. The molecule has 0 bridgehead atoms. The van der Waals surface area contributed by atoms with Crippen molar-refractivity contribution in [3.8, 4) is 0 Å². The minimum atomic E-state index is 0.661. The molecule has 0 saturated carbocycles. The van der Waals surface area contributed by atoms with Gasteiger partial charge in [0.25, 0.3) is 0 Å². The summed E-state index contributed by atoms with van der Waals surface area (Å²) in [6, 6.07) is 8.90. The Bertz CT molecular complexity index is 315. The van der Waals surface area contributed by atoms with Crippen molar-refractivity contribution in [3.05, 3.63) is 35.4 Å². The molecule has 1 nitrogen and oxygen atoms in total. The lowest BCUT2D eigenvalue weighted by molar-refractivity contribution is 0.116. The van der Waals surface area contributed by atoms with Crippen LogP contribution in [0.5, 0.6) is 0 Å². The van der Waals surface area contributed by atoms with Crippen LogP contribution in [0.3, 0.4) is 0 Å². The summed E-state index contributed by atoms with van der Waals surface area (Å²) in [4.78, 5) is 0. The Hall–Kier alpha value is -0.820. The fourth-order valence-electron chi connectivity index (χ4n) is 2.18. The molecule has 0 amide bonds. The minimum absolute atomic E-state index is 0.661. The van der Waals surface area contributed by atoms with Gasteiger partial charge in [0.1, 0.15) is 0 Å². The van der Waals surface area contributed by atoms with Gasteiger partial charge in [-0.25, -0.2) is 0 Å². The van der Waals surface area contributed by atoms with Gasteiger partial charge in [0.05, 0.1) is 6.61 Å². The van der Waals surface area contributed by atoms with Crippen molar-refractivity contribution in [1.29, 1.82) is 0 Å². The molecule has 0 aromatic heterocycles. The number of benzene rings is 1. The highest BCUT2D eigenvalue weighted by Crippen LogP contribution is 2.19. The van der Waals surface area contributed by atoms with E-state index < -0.39 is 0 Å². The molecule has 1 unspecified atom stereocenters. The summed E-state index contributed by atoms with van der Waals surface area (Å²) in [5.41, 5.74) is 2.73. The average Bonchev–Trinajstić information content (AvgIpc) is 2.46. The second kappa shape index (κ2) is 10.0. The molecule has 1 aromatic rings. The van der Waals surface area contributed by atoms with Crippen LogP contribution < -0.4 is 0 Å². The quantitative estimate of drug-likeness (QED) is 0.492. The number of hydrogen-bond donors (Lipinski definition) is 0. The Morgan fingerprint density at radius 1 is 0.947 bits per heavy atom. The molecule has 1 atom stereocenters. The summed E-state index contributed by atoms with van der Waals surface area (Å²) >= 11 is 0. The van der Waals surface area contributed by atoms with Crippen molar-refractivity contribution in [2.45, 2.75) is 71.8 Å². The summed E-state index contributed by atoms with van der Waals surface area (Å²) < 4.78 is 5.73. The molecule has 0 aliphatic carbocycles. The Balaban J connectivity index is 2.16. The number of unbranched alkanes of at least 4 members (excludes halogenated alkanes) is 4. The normalized spacial score (nSPS) is 12.6. The van der Waals surface area contributed by atoms with Gasteiger partial charge in [-0.1, -0.05) is 70.7 Å². The zero-order chi connectivity index (χ0) is 13.9. The lowest BCUT2D eigenvalue weighted by Gasteiger charge is -2.10. The highest BCUT2D eigenvalue weighted by Gasteiger charge is 2.02. The van der Waals surface area contributed by atoms with Crippen molar-refractivity contribution in [2.75, 3.05) is 6.61 Å². The third kappa shape index (κ3) is 6.77. The van der Waals surface area contributed by atoms with Gasteiger partial charge in [0.15, 0.2) is 0 Å². The predicted molar refractivity (Wildman–Crippen MR) is 83.6 cm³/mol. The molecule has 0 saturated heterocycles. The molecule has 1 heteroatoms. The van der Waals surface area contributed by atoms with Gasteiger partial charge in [-0.3, -0.25) is 0 Å². The van der Waals surface area contributed by atoms with E-state index in [9.17, 15) is 0 Å². The molecule has 0 spiro atoms. The van der Waals surface area contributed by atoms with E-state index in [1.807, 2.05) is 0 Å². The van der Waals surface area contributed by atoms with Crippen LogP contribution >= 0.6 is 0 Å². The average molecular weight is 262 g/mol. The summed E-state index contributed by atoms with van der Waals surface area (Å²) in [7, 11) is 0. The van der Waals surface area contributed by atoms with Gasteiger partial charge in [0, 0.05) is 6.61 Å². The second-order valence-electron chi connectivity index (χ2n) is 5.52. The van der Waals surface area contributed by atoms with E-state index in [4.69, 9.17) is 4.74 Å². The first kappa shape index (κ1) is 16.2. The Kier molecular flexibility index (Phi) is 8.57. The third-order valence-corrected chi connectivity index (χ3v) is 3.82. The zero-order valence-corrected chi connectivity index (χ0v) is 13.0. The summed E-state index contributed by atoms with van der Waals surface area (Å²) in [6.45, 7) is 8.42. The first-order valence-electron chi connectivity index (χ1n) is 7.94. The van der Waals surface area contributed by atoms with Crippen LogP contribution in [0.2, 0.25) is 0 Å². The van der Waals surface area contributed by atoms with Crippen molar-refractivity contribution in [3.63, 3.8) is 0 Å². The summed E-state index contributed by atoms with van der Waals surface area (Å²) in [5, 5.41) is 0. The maximum absolute atomic E-state index is 5.73. The molecule has 0 N–H and O–H groups in total. The first-order chi connectivity index (χ1) is 9.27. The van der Waals surface area contributed by atoms with Crippen LogP contribution in [-0.2, 0) is 11.3 Å². The van der Waals surface area contributed by atoms with Crippen LogP contribution in [0.15, 0.2) is 24.3 Å². The molecular formula is C18H30O. The highest BCUT2D eigenvalue weighted by atomic mass is 16.5. The molecule has 0 aliphatic heterocycles.